The van der Waals surface area contributed by atoms with Crippen LogP contribution in [0.2, 0.25) is 0 Å². The zero-order valence-electron chi connectivity index (χ0n) is 11.4. The second-order valence-electron chi connectivity index (χ2n) is 4.74. The van der Waals surface area contributed by atoms with Crippen molar-refractivity contribution in [2.45, 2.75) is 20.5 Å². The quantitative estimate of drug-likeness (QED) is 0.873. The molecule has 0 saturated carbocycles. The van der Waals surface area contributed by atoms with Gasteiger partial charge in [-0.15, -0.1) is 0 Å². The van der Waals surface area contributed by atoms with Gasteiger partial charge in [0.1, 0.15) is 23.2 Å². The summed E-state index contributed by atoms with van der Waals surface area (Å²) in [5.74, 6) is 0.416. The summed E-state index contributed by atoms with van der Waals surface area (Å²) in [4.78, 5) is 0.0519. The van der Waals surface area contributed by atoms with Crippen LogP contribution in [-0.2, 0) is 6.61 Å². The van der Waals surface area contributed by atoms with Crippen molar-refractivity contribution in [1.29, 1.82) is 0 Å². The van der Waals surface area contributed by atoms with Crippen molar-refractivity contribution in [3.05, 3.63) is 64.5 Å². The van der Waals surface area contributed by atoms with Crippen LogP contribution in [0.3, 0.4) is 0 Å². The van der Waals surface area contributed by atoms with E-state index in [1.807, 2.05) is 32.0 Å². The first-order valence-corrected chi connectivity index (χ1v) is 6.66. The molecule has 104 valence electrons. The Bertz CT molecular complexity index is 655. The van der Waals surface area contributed by atoms with Crippen molar-refractivity contribution in [3.8, 4) is 5.75 Å². The average Bonchev–Trinajstić information content (AvgIpc) is 2.41. The zero-order valence-corrected chi connectivity index (χ0v) is 12.3. The first-order chi connectivity index (χ1) is 9.47. The van der Waals surface area contributed by atoms with Crippen LogP contribution in [0.1, 0.15) is 22.3 Å². The molecule has 0 aromatic heterocycles. The van der Waals surface area contributed by atoms with Crippen LogP contribution in [0.4, 0.5) is 4.39 Å². The molecule has 2 aromatic carbocycles. The van der Waals surface area contributed by atoms with E-state index in [1.165, 1.54) is 6.07 Å². The lowest BCUT2D eigenvalue weighted by Gasteiger charge is -2.11. The van der Waals surface area contributed by atoms with E-state index in [2.05, 4.69) is 0 Å². The van der Waals surface area contributed by atoms with Crippen molar-refractivity contribution in [3.63, 3.8) is 0 Å². The number of thiocarbonyl (C=S) groups is 1. The van der Waals surface area contributed by atoms with Crippen molar-refractivity contribution >= 4 is 17.2 Å². The van der Waals surface area contributed by atoms with Crippen LogP contribution in [0.5, 0.6) is 5.75 Å². The smallest absolute Gasteiger partial charge is 0.133 e. The minimum Gasteiger partial charge on any atom is -0.489 e. The largest absolute Gasteiger partial charge is 0.489 e. The molecule has 0 radical (unpaired) electrons. The SMILES string of the molecule is Cc1ccc(C)c(OCc2ccc(F)c(C(N)=S)c2)c1. The molecule has 2 nitrogen and oxygen atoms in total. The maximum atomic E-state index is 13.5. The summed E-state index contributed by atoms with van der Waals surface area (Å²) in [6.45, 7) is 4.34. The third-order valence-electron chi connectivity index (χ3n) is 3.03. The highest BCUT2D eigenvalue weighted by Crippen LogP contribution is 2.21. The monoisotopic (exact) mass is 289 g/mol. The Morgan fingerprint density at radius 2 is 1.95 bits per heavy atom. The fourth-order valence-electron chi connectivity index (χ4n) is 1.87. The van der Waals surface area contributed by atoms with Gasteiger partial charge in [0.15, 0.2) is 0 Å². The number of hydrogen-bond donors (Lipinski definition) is 1. The molecule has 2 aromatic rings. The number of halogens is 1. The predicted molar refractivity (Wildman–Crippen MR) is 82.5 cm³/mol. The van der Waals surface area contributed by atoms with E-state index in [1.54, 1.807) is 12.1 Å². The molecule has 0 fully saturated rings. The summed E-state index contributed by atoms with van der Waals surface area (Å²) >= 11 is 4.82. The predicted octanol–water partition coefficient (Wildman–Crippen LogP) is 3.66. The van der Waals surface area contributed by atoms with E-state index in [0.29, 0.717) is 6.61 Å². The van der Waals surface area contributed by atoms with Crippen molar-refractivity contribution in [1.82, 2.24) is 0 Å². The molecule has 2 rings (SSSR count). The average molecular weight is 289 g/mol. The second kappa shape index (κ2) is 6.01. The highest BCUT2D eigenvalue weighted by atomic mass is 32.1. The molecule has 0 bridgehead atoms. The molecule has 0 aliphatic rings. The summed E-state index contributed by atoms with van der Waals surface area (Å²) in [7, 11) is 0. The number of rotatable bonds is 4. The molecule has 0 amide bonds. The molecule has 0 unspecified atom stereocenters. The molecule has 0 spiro atoms. The second-order valence-corrected chi connectivity index (χ2v) is 5.18. The lowest BCUT2D eigenvalue weighted by atomic mass is 10.1. The molecule has 0 atom stereocenters. The van der Waals surface area contributed by atoms with E-state index in [9.17, 15) is 4.39 Å². The van der Waals surface area contributed by atoms with Crippen LogP contribution in [-0.4, -0.2) is 4.99 Å². The molecule has 4 heteroatoms. The van der Waals surface area contributed by atoms with E-state index >= 15 is 0 Å². The number of ether oxygens (including phenoxy) is 1. The van der Waals surface area contributed by atoms with Crippen molar-refractivity contribution in [2.75, 3.05) is 0 Å². The Labute approximate surface area is 123 Å². The molecule has 0 aliphatic heterocycles. The Hall–Kier alpha value is -1.94. The lowest BCUT2D eigenvalue weighted by molar-refractivity contribution is 0.303. The zero-order chi connectivity index (χ0) is 14.7. The first kappa shape index (κ1) is 14.5. The molecule has 2 N–H and O–H groups in total. The summed E-state index contributed by atoms with van der Waals surface area (Å²) in [6.07, 6.45) is 0. The highest BCUT2D eigenvalue weighted by molar-refractivity contribution is 7.80. The van der Waals surface area contributed by atoms with E-state index in [0.717, 1.165) is 22.4 Å². The van der Waals surface area contributed by atoms with E-state index < -0.39 is 5.82 Å². The van der Waals surface area contributed by atoms with Gasteiger partial charge in [0.05, 0.1) is 0 Å². The molecule has 20 heavy (non-hydrogen) atoms. The lowest BCUT2D eigenvalue weighted by Crippen LogP contribution is -2.12. The van der Waals surface area contributed by atoms with Gasteiger partial charge in [-0.05, 0) is 48.7 Å². The minimum absolute atomic E-state index is 0.0519. The number of hydrogen-bond acceptors (Lipinski definition) is 2. The van der Waals surface area contributed by atoms with Gasteiger partial charge in [0, 0.05) is 5.56 Å². The molecular formula is C16H16FNOS. The number of aryl methyl sites for hydroxylation is 2. The summed E-state index contributed by atoms with van der Waals surface area (Å²) in [5, 5.41) is 0. The van der Waals surface area contributed by atoms with Crippen LogP contribution in [0.25, 0.3) is 0 Å². The van der Waals surface area contributed by atoms with Crippen LogP contribution in [0, 0.1) is 19.7 Å². The Morgan fingerprint density at radius 3 is 2.65 bits per heavy atom. The van der Waals surface area contributed by atoms with Crippen LogP contribution >= 0.6 is 12.2 Å². The Kier molecular flexibility index (Phi) is 4.35. The van der Waals surface area contributed by atoms with Crippen molar-refractivity contribution in [2.24, 2.45) is 5.73 Å². The minimum atomic E-state index is -0.409. The van der Waals surface area contributed by atoms with Gasteiger partial charge in [-0.3, -0.25) is 0 Å². The fourth-order valence-corrected chi connectivity index (χ4v) is 2.03. The molecular weight excluding hydrogens is 273 g/mol. The van der Waals surface area contributed by atoms with Gasteiger partial charge in [0.2, 0.25) is 0 Å². The topological polar surface area (TPSA) is 35.2 Å². The maximum Gasteiger partial charge on any atom is 0.133 e. The number of benzene rings is 2. The van der Waals surface area contributed by atoms with Gasteiger partial charge in [-0.25, -0.2) is 4.39 Å². The molecule has 0 heterocycles. The highest BCUT2D eigenvalue weighted by Gasteiger charge is 2.07. The molecule has 0 aliphatic carbocycles. The number of nitrogens with two attached hydrogens (primary N) is 1. The van der Waals surface area contributed by atoms with Gasteiger partial charge < -0.3 is 10.5 Å². The normalized spacial score (nSPS) is 10.3. The Morgan fingerprint density at radius 1 is 1.20 bits per heavy atom. The fraction of sp³-hybridized carbons (Fsp3) is 0.188. The van der Waals surface area contributed by atoms with Crippen LogP contribution < -0.4 is 10.5 Å². The summed E-state index contributed by atoms with van der Waals surface area (Å²) in [6, 6.07) is 10.7. The third kappa shape index (κ3) is 3.33. The van der Waals surface area contributed by atoms with Gasteiger partial charge in [0.25, 0.3) is 0 Å². The summed E-state index contributed by atoms with van der Waals surface area (Å²) < 4.78 is 19.3. The van der Waals surface area contributed by atoms with E-state index in [4.69, 9.17) is 22.7 Å². The first-order valence-electron chi connectivity index (χ1n) is 6.25. The standard InChI is InChI=1S/C16H16FNOS/c1-10-3-4-11(2)15(7-10)19-9-12-5-6-14(17)13(8-12)16(18)20/h3-8H,9H2,1-2H3,(H2,18,20). The van der Waals surface area contributed by atoms with Gasteiger partial charge in [-0.1, -0.05) is 30.4 Å². The van der Waals surface area contributed by atoms with E-state index in [-0.39, 0.29) is 10.6 Å². The third-order valence-corrected chi connectivity index (χ3v) is 3.25. The summed E-state index contributed by atoms with van der Waals surface area (Å²) in [5.41, 5.74) is 8.76. The molecule has 0 saturated heterocycles. The van der Waals surface area contributed by atoms with Gasteiger partial charge >= 0.3 is 0 Å². The van der Waals surface area contributed by atoms with Gasteiger partial charge in [-0.2, -0.15) is 0 Å². The maximum absolute atomic E-state index is 13.5. The Balaban J connectivity index is 2.17. The van der Waals surface area contributed by atoms with Crippen molar-refractivity contribution < 1.29 is 9.13 Å². The van der Waals surface area contributed by atoms with Crippen LogP contribution in [0.15, 0.2) is 36.4 Å².